The summed E-state index contributed by atoms with van der Waals surface area (Å²) >= 11 is 0. The summed E-state index contributed by atoms with van der Waals surface area (Å²) in [6, 6.07) is 0. The van der Waals surface area contributed by atoms with Crippen LogP contribution in [-0.4, -0.2) is 32.4 Å². The van der Waals surface area contributed by atoms with E-state index >= 15 is 0 Å². The molecule has 26 heavy (non-hydrogen) atoms. The van der Waals surface area contributed by atoms with Crippen LogP contribution in [0.25, 0.3) is 0 Å². The van der Waals surface area contributed by atoms with Crippen molar-refractivity contribution in [1.29, 1.82) is 0 Å². The first-order chi connectivity index (χ1) is 12.4. The zero-order chi connectivity index (χ0) is 18.8. The Hall–Kier alpha value is -0.420. The van der Waals surface area contributed by atoms with Crippen LogP contribution in [0.2, 0.25) is 0 Å². The van der Waals surface area contributed by atoms with Crippen LogP contribution in [0.3, 0.4) is 0 Å². The van der Waals surface area contributed by atoms with Crippen LogP contribution >= 0.6 is 7.82 Å². The second-order valence-electron chi connectivity index (χ2n) is 8.43. The number of phosphoric acid groups is 1. The van der Waals surface area contributed by atoms with E-state index in [1.807, 2.05) is 13.8 Å². The van der Waals surface area contributed by atoms with Gasteiger partial charge in [0, 0.05) is 6.92 Å². The number of hydrogen-bond donors (Lipinski definition) is 0. The molecule has 3 aliphatic heterocycles. The summed E-state index contributed by atoms with van der Waals surface area (Å²) in [5.74, 6) is 4.35. The van der Waals surface area contributed by atoms with Gasteiger partial charge in [-0.2, -0.15) is 0 Å². The molecule has 0 N–H and O–H groups in total. The lowest BCUT2D eigenvalue weighted by atomic mass is 9.56. The van der Waals surface area contributed by atoms with E-state index in [4.69, 9.17) is 18.3 Å². The van der Waals surface area contributed by atoms with Gasteiger partial charge in [-0.05, 0) is 62.2 Å². The summed E-state index contributed by atoms with van der Waals surface area (Å²) in [6.45, 7) is 6.24. The fraction of sp³-hybridized carbons (Fsp3) is 0.947. The highest BCUT2D eigenvalue weighted by atomic mass is 31.2. The number of fused-ring (bicyclic) bond motifs is 3. The van der Waals surface area contributed by atoms with Gasteiger partial charge in [0.2, 0.25) is 0 Å². The van der Waals surface area contributed by atoms with Crippen LogP contribution < -0.4 is 0 Å². The van der Waals surface area contributed by atoms with E-state index in [9.17, 15) is 9.36 Å². The summed E-state index contributed by atoms with van der Waals surface area (Å²) < 4.78 is 31.0. The number of carbonyl (C=O) groups excluding carboxylic acids is 1. The molecule has 7 rings (SSSR count). The van der Waals surface area contributed by atoms with E-state index in [2.05, 4.69) is 0 Å². The highest BCUT2D eigenvalue weighted by Gasteiger charge is 2.51. The van der Waals surface area contributed by atoms with Crippen LogP contribution in [0, 0.1) is 29.1 Å². The van der Waals surface area contributed by atoms with E-state index in [1.54, 1.807) is 38.5 Å². The highest BCUT2D eigenvalue weighted by molar-refractivity contribution is 7.48. The van der Waals surface area contributed by atoms with Crippen molar-refractivity contribution in [3.63, 3.8) is 0 Å². The molecule has 7 fully saturated rings. The number of ether oxygens (including phenoxy) is 1. The van der Waals surface area contributed by atoms with Gasteiger partial charge in [-0.25, -0.2) is 4.57 Å². The van der Waals surface area contributed by atoms with Gasteiger partial charge in [0.15, 0.2) is 0 Å². The predicted octanol–water partition coefficient (Wildman–Crippen LogP) is 4.58. The standard InChI is InChI=1S/C10H16.C7H11O6P.C2H6/c1-7-2-9-4-8(1)5-10(3-7)6-9;1-6(8)10-2-7-3-11-14(9,12-4-7)13-5-7;1-2/h7-10H,1-6H2;2-5H2,1H3;1-2H3. The minimum atomic E-state index is -3.26. The molecule has 3 saturated heterocycles. The zero-order valence-electron chi connectivity index (χ0n) is 16.3. The SMILES string of the molecule is C1C2CC3CC1CC(C2)C3.CC.CC(=O)OCC12COP(=O)(OC1)OC2. The average molecular weight is 388 g/mol. The fourth-order valence-corrected chi connectivity index (χ4v) is 6.77. The molecule has 6 nitrogen and oxygen atoms in total. The number of esters is 1. The van der Waals surface area contributed by atoms with Gasteiger partial charge in [-0.3, -0.25) is 18.4 Å². The Morgan fingerprint density at radius 1 is 0.885 bits per heavy atom. The summed E-state index contributed by atoms with van der Waals surface area (Å²) in [5.41, 5.74) is -0.488. The molecule has 0 spiro atoms. The van der Waals surface area contributed by atoms with E-state index in [-0.39, 0.29) is 32.4 Å². The Bertz CT molecular complexity index is 460. The number of phosphoric ester groups is 1. The Morgan fingerprint density at radius 2 is 1.23 bits per heavy atom. The monoisotopic (exact) mass is 388 g/mol. The normalized spacial score (nSPS) is 44.4. The lowest BCUT2D eigenvalue weighted by molar-refractivity contribution is -0.157. The smallest absolute Gasteiger partial charge is 0.465 e. The Balaban J connectivity index is 0.000000143. The zero-order valence-corrected chi connectivity index (χ0v) is 17.2. The van der Waals surface area contributed by atoms with Gasteiger partial charge >= 0.3 is 13.8 Å². The van der Waals surface area contributed by atoms with Gasteiger partial charge in [0.05, 0.1) is 25.2 Å². The second-order valence-corrected chi connectivity index (χ2v) is 10.1. The minimum Gasteiger partial charge on any atom is -0.465 e. The molecule has 0 aromatic rings. The lowest BCUT2D eigenvalue weighted by Crippen LogP contribution is -2.48. The number of rotatable bonds is 2. The summed E-state index contributed by atoms with van der Waals surface area (Å²) in [5, 5.41) is 0. The first kappa shape index (κ1) is 20.3. The molecule has 0 radical (unpaired) electrons. The van der Waals surface area contributed by atoms with Crippen LogP contribution in [0.15, 0.2) is 0 Å². The third-order valence-corrected chi connectivity index (χ3v) is 7.50. The molecule has 150 valence electrons. The van der Waals surface area contributed by atoms with E-state index in [1.165, 1.54) is 30.6 Å². The molecule has 0 atom stereocenters. The maximum atomic E-state index is 11.3. The predicted molar refractivity (Wildman–Crippen MR) is 97.5 cm³/mol. The molecular formula is C19H33O6P. The van der Waals surface area contributed by atoms with E-state index in [0.717, 1.165) is 0 Å². The molecule has 4 aliphatic carbocycles. The molecule has 0 aromatic heterocycles. The quantitative estimate of drug-likeness (QED) is 0.509. The fourth-order valence-electron chi connectivity index (χ4n) is 5.25. The van der Waals surface area contributed by atoms with Crippen molar-refractivity contribution in [2.24, 2.45) is 29.1 Å². The first-order valence-corrected chi connectivity index (χ1v) is 11.6. The maximum Gasteiger partial charge on any atom is 0.474 e. The summed E-state index contributed by atoms with van der Waals surface area (Å²) in [4.78, 5) is 10.6. The first-order valence-electron chi connectivity index (χ1n) is 10.1. The molecular weight excluding hydrogens is 355 g/mol. The largest absolute Gasteiger partial charge is 0.474 e. The minimum absolute atomic E-state index is 0.169. The summed E-state index contributed by atoms with van der Waals surface area (Å²) in [7, 11) is -3.26. The number of hydrogen-bond acceptors (Lipinski definition) is 6. The molecule has 0 amide bonds. The van der Waals surface area contributed by atoms with Crippen molar-refractivity contribution < 1.29 is 27.7 Å². The molecule has 6 bridgehead atoms. The van der Waals surface area contributed by atoms with Gasteiger partial charge in [0.25, 0.3) is 0 Å². The Morgan fingerprint density at radius 3 is 1.54 bits per heavy atom. The lowest BCUT2D eigenvalue weighted by Gasteiger charge is -2.49. The molecule has 0 aromatic carbocycles. The van der Waals surface area contributed by atoms with Crippen molar-refractivity contribution in [3.8, 4) is 0 Å². The third-order valence-electron chi connectivity index (χ3n) is 6.17. The molecule has 7 aliphatic rings. The van der Waals surface area contributed by atoms with Crippen LogP contribution in [0.4, 0.5) is 0 Å². The average Bonchev–Trinajstić information content (AvgIpc) is 2.63. The Labute approximate surface area is 156 Å². The summed E-state index contributed by atoms with van der Waals surface area (Å²) in [6.07, 6.45) is 9.62. The third kappa shape index (κ3) is 4.70. The van der Waals surface area contributed by atoms with Crippen molar-refractivity contribution in [2.45, 2.75) is 59.3 Å². The topological polar surface area (TPSA) is 71.1 Å². The maximum absolute atomic E-state index is 11.3. The Kier molecular flexibility index (Phi) is 6.49. The molecule has 7 heteroatoms. The van der Waals surface area contributed by atoms with Crippen molar-refractivity contribution >= 4 is 13.8 Å². The van der Waals surface area contributed by atoms with E-state index in [0.29, 0.717) is 0 Å². The number of carbonyl (C=O) groups is 1. The van der Waals surface area contributed by atoms with Crippen molar-refractivity contribution in [3.05, 3.63) is 0 Å². The van der Waals surface area contributed by atoms with Gasteiger partial charge < -0.3 is 4.74 Å². The molecule has 3 heterocycles. The van der Waals surface area contributed by atoms with Gasteiger partial charge in [-0.15, -0.1) is 0 Å². The van der Waals surface area contributed by atoms with Crippen LogP contribution in [-0.2, 0) is 27.7 Å². The van der Waals surface area contributed by atoms with E-state index < -0.39 is 13.2 Å². The highest BCUT2D eigenvalue weighted by Crippen LogP contribution is 2.60. The van der Waals surface area contributed by atoms with Crippen LogP contribution in [0.5, 0.6) is 0 Å². The van der Waals surface area contributed by atoms with Crippen molar-refractivity contribution in [2.75, 3.05) is 26.4 Å². The van der Waals surface area contributed by atoms with Gasteiger partial charge in [0.1, 0.15) is 6.61 Å². The second kappa shape index (κ2) is 8.30. The van der Waals surface area contributed by atoms with Crippen molar-refractivity contribution in [1.82, 2.24) is 0 Å². The van der Waals surface area contributed by atoms with Gasteiger partial charge in [-0.1, -0.05) is 13.8 Å². The van der Waals surface area contributed by atoms with Crippen LogP contribution in [0.1, 0.15) is 59.3 Å². The molecule has 0 unspecified atom stereocenters. The molecule has 4 saturated carbocycles.